The van der Waals surface area contributed by atoms with E-state index in [0.717, 1.165) is 12.8 Å². The Morgan fingerprint density at radius 3 is 3.00 bits per heavy atom. The third kappa shape index (κ3) is 2.76. The molecule has 1 atom stereocenters. The van der Waals surface area contributed by atoms with Crippen molar-refractivity contribution in [2.45, 2.75) is 32.2 Å². The summed E-state index contributed by atoms with van der Waals surface area (Å²) >= 11 is 0. The lowest BCUT2D eigenvalue weighted by molar-refractivity contribution is -0.116. The van der Waals surface area contributed by atoms with E-state index in [2.05, 4.69) is 15.5 Å². The first-order valence-corrected chi connectivity index (χ1v) is 5.01. The van der Waals surface area contributed by atoms with Crippen molar-refractivity contribution < 1.29 is 9.32 Å². The molecule has 0 spiro atoms. The summed E-state index contributed by atoms with van der Waals surface area (Å²) in [6.07, 6.45) is 2.58. The van der Waals surface area contributed by atoms with Gasteiger partial charge in [0.15, 0.2) is 5.82 Å². The number of nitrogens with one attached hydrogen (secondary N) is 1. The topological polar surface area (TPSA) is 94.0 Å². The van der Waals surface area contributed by atoms with E-state index in [1.54, 1.807) is 6.92 Å². The highest BCUT2D eigenvalue weighted by Crippen LogP contribution is 2.32. The Balaban J connectivity index is 1.81. The van der Waals surface area contributed by atoms with E-state index in [9.17, 15) is 4.79 Å². The Morgan fingerprint density at radius 1 is 1.73 bits per heavy atom. The van der Waals surface area contributed by atoms with Gasteiger partial charge in [-0.15, -0.1) is 0 Å². The van der Waals surface area contributed by atoms with Crippen LogP contribution in [-0.2, 0) is 4.79 Å². The van der Waals surface area contributed by atoms with Crippen LogP contribution in [0.25, 0.3) is 0 Å². The van der Waals surface area contributed by atoms with Crippen LogP contribution in [0.3, 0.4) is 0 Å². The quantitative estimate of drug-likeness (QED) is 0.752. The van der Waals surface area contributed by atoms with Crippen molar-refractivity contribution in [1.82, 2.24) is 10.1 Å². The van der Waals surface area contributed by atoms with Crippen molar-refractivity contribution in [2.75, 3.05) is 5.32 Å². The Morgan fingerprint density at radius 2 is 2.47 bits per heavy atom. The van der Waals surface area contributed by atoms with Gasteiger partial charge in [-0.05, 0) is 25.7 Å². The Labute approximate surface area is 87.2 Å². The third-order valence-electron chi connectivity index (χ3n) is 2.42. The number of anilines is 1. The zero-order valence-electron chi connectivity index (χ0n) is 8.56. The number of rotatable bonds is 4. The number of hydrogen-bond acceptors (Lipinski definition) is 5. The number of nitrogens with two attached hydrogens (primary N) is 1. The molecule has 6 nitrogen and oxygen atoms in total. The standard InChI is InChI=1S/C9H14N4O2/c1-5-11-9(15-13-5)12-8(14)4-7(10)6-2-3-6/h6-7H,2-4,10H2,1H3,(H,11,12,13,14). The summed E-state index contributed by atoms with van der Waals surface area (Å²) in [4.78, 5) is 15.3. The second-order valence-corrected chi connectivity index (χ2v) is 3.90. The molecule has 15 heavy (non-hydrogen) atoms. The maximum Gasteiger partial charge on any atom is 0.328 e. The molecule has 1 saturated carbocycles. The van der Waals surface area contributed by atoms with E-state index in [-0.39, 0.29) is 18.0 Å². The predicted molar refractivity (Wildman–Crippen MR) is 53.0 cm³/mol. The van der Waals surface area contributed by atoms with Crippen LogP contribution < -0.4 is 11.1 Å². The van der Waals surface area contributed by atoms with Crippen LogP contribution >= 0.6 is 0 Å². The lowest BCUT2D eigenvalue weighted by Crippen LogP contribution is -2.28. The molecule has 0 radical (unpaired) electrons. The van der Waals surface area contributed by atoms with Gasteiger partial charge in [-0.25, -0.2) is 0 Å². The fraction of sp³-hybridized carbons (Fsp3) is 0.667. The second kappa shape index (κ2) is 3.98. The van der Waals surface area contributed by atoms with Gasteiger partial charge in [0.2, 0.25) is 5.91 Å². The van der Waals surface area contributed by atoms with E-state index in [4.69, 9.17) is 10.3 Å². The highest BCUT2D eigenvalue weighted by atomic mass is 16.5. The normalized spacial score (nSPS) is 17.5. The molecule has 1 aromatic rings. The summed E-state index contributed by atoms with van der Waals surface area (Å²) < 4.78 is 4.76. The van der Waals surface area contributed by atoms with Crippen LogP contribution in [0.15, 0.2) is 4.52 Å². The predicted octanol–water partition coefficient (Wildman–Crippen LogP) is 0.444. The largest absolute Gasteiger partial charge is 0.328 e. The van der Waals surface area contributed by atoms with Gasteiger partial charge in [-0.3, -0.25) is 10.1 Å². The van der Waals surface area contributed by atoms with Crippen LogP contribution in [0.5, 0.6) is 0 Å². The first-order chi connectivity index (χ1) is 7.15. The SMILES string of the molecule is Cc1noc(NC(=O)CC(N)C2CC2)n1. The van der Waals surface area contributed by atoms with E-state index < -0.39 is 0 Å². The highest BCUT2D eigenvalue weighted by Gasteiger charge is 2.30. The van der Waals surface area contributed by atoms with E-state index in [1.165, 1.54) is 0 Å². The molecule has 0 bridgehead atoms. The molecule has 3 N–H and O–H groups in total. The fourth-order valence-electron chi connectivity index (χ4n) is 1.42. The fourth-order valence-corrected chi connectivity index (χ4v) is 1.42. The smallest absolute Gasteiger partial charge is 0.327 e. The molecule has 6 heteroatoms. The van der Waals surface area contributed by atoms with Crippen LogP contribution in [0.4, 0.5) is 6.01 Å². The molecule has 82 valence electrons. The molecule has 1 fully saturated rings. The Kier molecular flexibility index (Phi) is 2.68. The lowest BCUT2D eigenvalue weighted by Gasteiger charge is -2.07. The Hall–Kier alpha value is -1.43. The highest BCUT2D eigenvalue weighted by molar-refractivity contribution is 5.88. The minimum absolute atomic E-state index is 0.0472. The lowest BCUT2D eigenvalue weighted by atomic mass is 10.1. The first kappa shape index (κ1) is 10.1. The van der Waals surface area contributed by atoms with Crippen molar-refractivity contribution in [2.24, 2.45) is 11.7 Å². The minimum atomic E-state index is -0.168. The van der Waals surface area contributed by atoms with Gasteiger partial charge in [0.05, 0.1) is 0 Å². The molecule has 1 aliphatic carbocycles. The van der Waals surface area contributed by atoms with Gasteiger partial charge < -0.3 is 10.3 Å². The zero-order chi connectivity index (χ0) is 10.8. The number of nitrogens with zero attached hydrogens (tertiary/aromatic N) is 2. The van der Waals surface area contributed by atoms with E-state index >= 15 is 0 Å². The van der Waals surface area contributed by atoms with E-state index in [0.29, 0.717) is 18.2 Å². The van der Waals surface area contributed by atoms with Crippen molar-refractivity contribution in [1.29, 1.82) is 0 Å². The summed E-state index contributed by atoms with van der Waals surface area (Å²) in [6.45, 7) is 1.69. The zero-order valence-corrected chi connectivity index (χ0v) is 8.56. The molecule has 1 amide bonds. The molecule has 0 aliphatic heterocycles. The molecule has 0 aromatic carbocycles. The summed E-state index contributed by atoms with van der Waals surface area (Å²) in [7, 11) is 0. The number of amides is 1. The van der Waals surface area contributed by atoms with Crippen LogP contribution in [0, 0.1) is 12.8 Å². The molecule has 1 unspecified atom stereocenters. The maximum absolute atomic E-state index is 11.4. The van der Waals surface area contributed by atoms with Crippen molar-refractivity contribution in [3.05, 3.63) is 5.82 Å². The van der Waals surface area contributed by atoms with Crippen molar-refractivity contribution >= 4 is 11.9 Å². The van der Waals surface area contributed by atoms with Gasteiger partial charge in [0.25, 0.3) is 0 Å². The van der Waals surface area contributed by atoms with Crippen molar-refractivity contribution in [3.8, 4) is 0 Å². The molecule has 1 heterocycles. The number of hydrogen-bond donors (Lipinski definition) is 2. The number of aromatic nitrogens is 2. The molecule has 0 saturated heterocycles. The molecule has 2 rings (SSSR count). The average Bonchev–Trinajstić information content (AvgIpc) is 2.92. The van der Waals surface area contributed by atoms with Crippen molar-refractivity contribution in [3.63, 3.8) is 0 Å². The van der Waals surface area contributed by atoms with Gasteiger partial charge >= 0.3 is 6.01 Å². The van der Waals surface area contributed by atoms with Crippen LogP contribution in [0.1, 0.15) is 25.1 Å². The van der Waals surface area contributed by atoms with Crippen LogP contribution in [-0.4, -0.2) is 22.1 Å². The minimum Gasteiger partial charge on any atom is -0.327 e. The second-order valence-electron chi connectivity index (χ2n) is 3.90. The van der Waals surface area contributed by atoms with Gasteiger partial charge in [-0.2, -0.15) is 4.98 Å². The molecular formula is C9H14N4O2. The average molecular weight is 210 g/mol. The van der Waals surface area contributed by atoms with Crippen LogP contribution in [0.2, 0.25) is 0 Å². The van der Waals surface area contributed by atoms with Gasteiger partial charge in [-0.1, -0.05) is 5.16 Å². The maximum atomic E-state index is 11.4. The van der Waals surface area contributed by atoms with Gasteiger partial charge in [0.1, 0.15) is 0 Å². The number of aryl methyl sites for hydroxylation is 1. The van der Waals surface area contributed by atoms with E-state index in [1.807, 2.05) is 0 Å². The molecular weight excluding hydrogens is 196 g/mol. The molecule has 1 aromatic heterocycles. The molecule has 1 aliphatic rings. The summed E-state index contributed by atoms with van der Waals surface area (Å²) in [5.74, 6) is 0.843. The first-order valence-electron chi connectivity index (χ1n) is 5.01. The van der Waals surface area contributed by atoms with Gasteiger partial charge in [0, 0.05) is 12.5 Å². The third-order valence-corrected chi connectivity index (χ3v) is 2.42. The number of carbonyl (C=O) groups is 1. The summed E-state index contributed by atoms with van der Waals surface area (Å²) in [5, 5.41) is 6.08. The summed E-state index contributed by atoms with van der Waals surface area (Å²) in [5.41, 5.74) is 5.81. The number of carbonyl (C=O) groups excluding carboxylic acids is 1. The Bertz CT molecular complexity index is 359. The summed E-state index contributed by atoms with van der Waals surface area (Å²) in [6, 6.07) is 0.0921. The monoisotopic (exact) mass is 210 g/mol.